The van der Waals surface area contributed by atoms with E-state index in [1.165, 1.54) is 0 Å². The molecule has 0 saturated heterocycles. The van der Waals surface area contributed by atoms with Gasteiger partial charge in [0.2, 0.25) is 0 Å². The molecule has 3 heteroatoms. The van der Waals surface area contributed by atoms with Gasteiger partial charge in [-0.05, 0) is 36.9 Å². The van der Waals surface area contributed by atoms with E-state index in [-0.39, 0.29) is 5.78 Å². The van der Waals surface area contributed by atoms with Crippen molar-refractivity contribution < 1.29 is 4.79 Å². The molecule has 0 N–H and O–H groups in total. The highest BCUT2D eigenvalue weighted by atomic mass is 32.2. The summed E-state index contributed by atoms with van der Waals surface area (Å²) in [6, 6.07) is 9.51. The Morgan fingerprint density at radius 3 is 2.65 bits per heavy atom. The molecular weight excluding hydrogens is 230 g/mol. The number of aromatic nitrogens is 1. The molecule has 0 atom stereocenters. The number of rotatable bonds is 3. The number of carbonyl (C=O) groups is 1. The van der Waals surface area contributed by atoms with E-state index in [0.29, 0.717) is 5.56 Å². The molecule has 0 amide bonds. The van der Waals surface area contributed by atoms with Gasteiger partial charge < -0.3 is 0 Å². The molecule has 2 aromatic rings. The number of pyridine rings is 1. The summed E-state index contributed by atoms with van der Waals surface area (Å²) in [5.41, 5.74) is 2.38. The van der Waals surface area contributed by atoms with Crippen LogP contribution >= 0.6 is 11.8 Å². The van der Waals surface area contributed by atoms with E-state index in [1.807, 2.05) is 43.5 Å². The van der Waals surface area contributed by atoms with Crippen LogP contribution in [0.3, 0.4) is 0 Å². The number of hydrogen-bond acceptors (Lipinski definition) is 3. The van der Waals surface area contributed by atoms with Gasteiger partial charge in [-0.15, -0.1) is 11.8 Å². The first kappa shape index (κ1) is 11.9. The number of nitrogens with zero attached hydrogens (tertiary/aromatic N) is 1. The monoisotopic (exact) mass is 243 g/mol. The Balaban J connectivity index is 2.48. The predicted molar refractivity (Wildman–Crippen MR) is 70.6 cm³/mol. The third kappa shape index (κ3) is 2.39. The van der Waals surface area contributed by atoms with Gasteiger partial charge in [-0.25, -0.2) is 0 Å². The second kappa shape index (κ2) is 5.15. The third-order valence-corrected chi connectivity index (χ3v) is 3.43. The van der Waals surface area contributed by atoms with Crippen molar-refractivity contribution in [1.29, 1.82) is 0 Å². The average molecular weight is 243 g/mol. The van der Waals surface area contributed by atoms with E-state index in [0.717, 1.165) is 16.0 Å². The standard InChI is InChI=1S/C14H13NOS/c1-10-7-8-15-9-12(10)14(16)11-5-3-4-6-13(11)17-2/h3-9H,1-2H3. The van der Waals surface area contributed by atoms with Gasteiger partial charge in [-0.2, -0.15) is 0 Å². The maximum Gasteiger partial charge on any atom is 0.195 e. The smallest absolute Gasteiger partial charge is 0.195 e. The summed E-state index contributed by atoms with van der Waals surface area (Å²) in [6.45, 7) is 1.93. The van der Waals surface area contributed by atoms with Crippen LogP contribution in [0, 0.1) is 6.92 Å². The van der Waals surface area contributed by atoms with E-state index >= 15 is 0 Å². The second-order valence-electron chi connectivity index (χ2n) is 3.72. The molecular formula is C14H13NOS. The molecule has 0 bridgehead atoms. The Hall–Kier alpha value is -1.61. The van der Waals surface area contributed by atoms with Crippen LogP contribution in [0.1, 0.15) is 21.5 Å². The van der Waals surface area contributed by atoms with Crippen LogP contribution in [0.2, 0.25) is 0 Å². The molecule has 2 nitrogen and oxygen atoms in total. The Kier molecular flexibility index (Phi) is 3.59. The number of thioether (sulfide) groups is 1. The van der Waals surface area contributed by atoms with Crippen molar-refractivity contribution in [3.8, 4) is 0 Å². The van der Waals surface area contributed by atoms with Gasteiger partial charge >= 0.3 is 0 Å². The summed E-state index contributed by atoms with van der Waals surface area (Å²) in [7, 11) is 0. The van der Waals surface area contributed by atoms with Gasteiger partial charge in [0.15, 0.2) is 5.78 Å². The summed E-state index contributed by atoms with van der Waals surface area (Å²) < 4.78 is 0. The lowest BCUT2D eigenvalue weighted by Crippen LogP contribution is -2.05. The summed E-state index contributed by atoms with van der Waals surface area (Å²) in [5, 5.41) is 0. The highest BCUT2D eigenvalue weighted by Gasteiger charge is 2.14. The number of carbonyl (C=O) groups excluding carboxylic acids is 1. The van der Waals surface area contributed by atoms with Crippen molar-refractivity contribution in [1.82, 2.24) is 4.98 Å². The van der Waals surface area contributed by atoms with Crippen molar-refractivity contribution in [2.75, 3.05) is 6.26 Å². The first-order valence-corrected chi connectivity index (χ1v) is 6.55. The molecule has 0 aliphatic rings. The molecule has 0 aliphatic carbocycles. The van der Waals surface area contributed by atoms with Gasteiger partial charge in [-0.3, -0.25) is 9.78 Å². The van der Waals surface area contributed by atoms with E-state index in [9.17, 15) is 4.79 Å². The van der Waals surface area contributed by atoms with Crippen LogP contribution in [-0.4, -0.2) is 17.0 Å². The Morgan fingerprint density at radius 1 is 1.18 bits per heavy atom. The van der Waals surface area contributed by atoms with Gasteiger partial charge in [0.05, 0.1) is 0 Å². The normalized spacial score (nSPS) is 10.2. The van der Waals surface area contributed by atoms with Crippen molar-refractivity contribution in [2.45, 2.75) is 11.8 Å². The van der Waals surface area contributed by atoms with E-state index in [4.69, 9.17) is 0 Å². The van der Waals surface area contributed by atoms with Crippen molar-refractivity contribution in [2.24, 2.45) is 0 Å². The van der Waals surface area contributed by atoms with E-state index in [2.05, 4.69) is 4.98 Å². The zero-order valence-corrected chi connectivity index (χ0v) is 10.6. The lowest BCUT2D eigenvalue weighted by atomic mass is 10.0. The van der Waals surface area contributed by atoms with Crippen LogP contribution in [-0.2, 0) is 0 Å². The number of hydrogen-bond donors (Lipinski definition) is 0. The maximum atomic E-state index is 12.4. The lowest BCUT2D eigenvalue weighted by Gasteiger charge is -2.07. The van der Waals surface area contributed by atoms with Crippen molar-refractivity contribution >= 4 is 17.5 Å². The average Bonchev–Trinajstić information content (AvgIpc) is 2.38. The molecule has 1 aromatic heterocycles. The fourth-order valence-electron chi connectivity index (χ4n) is 1.68. The molecule has 0 unspecified atom stereocenters. The summed E-state index contributed by atoms with van der Waals surface area (Å²) in [5.74, 6) is 0.0422. The quantitative estimate of drug-likeness (QED) is 0.611. The minimum Gasteiger partial charge on any atom is -0.288 e. The predicted octanol–water partition coefficient (Wildman–Crippen LogP) is 3.34. The van der Waals surface area contributed by atoms with Crippen LogP contribution in [0.4, 0.5) is 0 Å². The Labute approximate surface area is 105 Å². The SMILES string of the molecule is CSc1ccccc1C(=O)c1cnccc1C. The van der Waals surface area contributed by atoms with Crippen molar-refractivity contribution in [3.63, 3.8) is 0 Å². The molecule has 0 saturated carbocycles. The maximum absolute atomic E-state index is 12.4. The third-order valence-electron chi connectivity index (χ3n) is 2.64. The molecule has 0 spiro atoms. The van der Waals surface area contributed by atoms with Crippen LogP contribution in [0.5, 0.6) is 0 Å². The molecule has 1 heterocycles. The van der Waals surface area contributed by atoms with Crippen molar-refractivity contribution in [3.05, 3.63) is 59.4 Å². The fraction of sp³-hybridized carbons (Fsp3) is 0.143. The molecule has 1 aromatic carbocycles. The molecule has 0 fully saturated rings. The highest BCUT2D eigenvalue weighted by Crippen LogP contribution is 2.23. The molecule has 2 rings (SSSR count). The first-order chi connectivity index (χ1) is 8.24. The van der Waals surface area contributed by atoms with E-state index < -0.39 is 0 Å². The van der Waals surface area contributed by atoms with Gasteiger partial charge in [-0.1, -0.05) is 12.1 Å². The minimum atomic E-state index is 0.0422. The van der Waals surface area contributed by atoms with Gasteiger partial charge in [0.25, 0.3) is 0 Å². The Bertz CT molecular complexity index is 551. The number of aryl methyl sites for hydroxylation is 1. The van der Waals surface area contributed by atoms with Gasteiger partial charge in [0.1, 0.15) is 0 Å². The van der Waals surface area contributed by atoms with E-state index in [1.54, 1.807) is 24.2 Å². The molecule has 17 heavy (non-hydrogen) atoms. The highest BCUT2D eigenvalue weighted by molar-refractivity contribution is 7.98. The number of benzene rings is 1. The fourth-order valence-corrected chi connectivity index (χ4v) is 2.27. The molecule has 0 aliphatic heterocycles. The van der Waals surface area contributed by atoms with Crippen LogP contribution in [0.25, 0.3) is 0 Å². The summed E-state index contributed by atoms with van der Waals surface area (Å²) in [6.07, 6.45) is 5.31. The molecule has 86 valence electrons. The summed E-state index contributed by atoms with van der Waals surface area (Å²) in [4.78, 5) is 17.4. The second-order valence-corrected chi connectivity index (χ2v) is 4.57. The van der Waals surface area contributed by atoms with Crippen LogP contribution in [0.15, 0.2) is 47.6 Å². The zero-order valence-electron chi connectivity index (χ0n) is 9.81. The zero-order chi connectivity index (χ0) is 12.3. The minimum absolute atomic E-state index is 0.0422. The van der Waals surface area contributed by atoms with Crippen LogP contribution < -0.4 is 0 Å². The first-order valence-electron chi connectivity index (χ1n) is 5.32. The largest absolute Gasteiger partial charge is 0.288 e. The topological polar surface area (TPSA) is 30.0 Å². The van der Waals surface area contributed by atoms with Gasteiger partial charge in [0, 0.05) is 28.4 Å². The molecule has 0 radical (unpaired) electrons. The summed E-state index contributed by atoms with van der Waals surface area (Å²) >= 11 is 1.58. The number of ketones is 1. The Morgan fingerprint density at radius 2 is 1.94 bits per heavy atom. The lowest BCUT2D eigenvalue weighted by molar-refractivity contribution is 0.103.